The zero-order chi connectivity index (χ0) is 20.3. The van der Waals surface area contributed by atoms with Crippen LogP contribution in [0, 0.1) is 13.8 Å². The Bertz CT molecular complexity index is 981. The van der Waals surface area contributed by atoms with Crippen LogP contribution in [0.4, 0.5) is 11.4 Å². The minimum Gasteiger partial charge on any atom is -0.395 e. The summed E-state index contributed by atoms with van der Waals surface area (Å²) in [5.74, 6) is -1.27. The Morgan fingerprint density at radius 3 is 2.61 bits per heavy atom. The molecule has 7 nitrogen and oxygen atoms in total. The smallest absolute Gasteiger partial charge is 0.277 e. The van der Waals surface area contributed by atoms with Gasteiger partial charge in [0.15, 0.2) is 0 Å². The van der Waals surface area contributed by atoms with Gasteiger partial charge in [-0.05, 0) is 43.7 Å². The van der Waals surface area contributed by atoms with E-state index in [0.717, 1.165) is 21.7 Å². The topological polar surface area (TPSA) is 98.7 Å². The van der Waals surface area contributed by atoms with Gasteiger partial charge in [0, 0.05) is 23.0 Å². The van der Waals surface area contributed by atoms with Crippen LogP contribution < -0.4 is 10.6 Å². The molecule has 0 spiro atoms. The Morgan fingerprint density at radius 2 is 1.89 bits per heavy atom. The number of aliphatic hydroxyl groups excluding tert-OH is 1. The van der Waals surface area contributed by atoms with Gasteiger partial charge in [-0.1, -0.05) is 23.8 Å². The third-order valence-corrected chi connectivity index (χ3v) is 4.37. The molecule has 7 heteroatoms. The number of rotatable bonds is 6. The molecule has 2 aromatic carbocycles. The number of benzene rings is 2. The third kappa shape index (κ3) is 4.10. The van der Waals surface area contributed by atoms with Crippen LogP contribution in [0.3, 0.4) is 0 Å². The molecule has 0 aromatic heterocycles. The Labute approximate surface area is 162 Å². The molecular formula is C21H21N3O4. The standard InChI is InChI=1S/C21H21N3O4/c1-13-6-7-17(14(2)10-13)23-20(27)15-4-3-5-16(11-15)22-18-12-19(26)24(8-9-25)21(18)28/h3-7,10-12,22,25H,8-9H2,1-2H3,(H,23,27). The number of amides is 3. The van der Waals surface area contributed by atoms with Crippen molar-refractivity contribution in [1.82, 2.24) is 4.90 Å². The number of nitrogens with zero attached hydrogens (tertiary/aromatic N) is 1. The highest BCUT2D eigenvalue weighted by atomic mass is 16.3. The predicted octanol–water partition coefficient (Wildman–Crippen LogP) is 2.21. The zero-order valence-electron chi connectivity index (χ0n) is 15.7. The largest absolute Gasteiger partial charge is 0.395 e. The number of aliphatic hydroxyl groups is 1. The quantitative estimate of drug-likeness (QED) is 0.669. The summed E-state index contributed by atoms with van der Waals surface area (Å²) in [5.41, 5.74) is 3.83. The number of carbonyl (C=O) groups is 3. The number of aryl methyl sites for hydroxylation is 2. The second kappa shape index (κ2) is 8.06. The average Bonchev–Trinajstić information content (AvgIpc) is 2.92. The van der Waals surface area contributed by atoms with Gasteiger partial charge in [0.05, 0.1) is 13.2 Å². The first kappa shape index (κ1) is 19.3. The van der Waals surface area contributed by atoms with Gasteiger partial charge in [0.2, 0.25) is 0 Å². The molecule has 144 valence electrons. The minimum atomic E-state index is -0.510. The molecule has 3 rings (SSSR count). The molecule has 0 bridgehead atoms. The summed E-state index contributed by atoms with van der Waals surface area (Å²) in [5, 5.41) is 14.7. The van der Waals surface area contributed by atoms with Crippen LogP contribution in [0.1, 0.15) is 21.5 Å². The summed E-state index contributed by atoms with van der Waals surface area (Å²) in [6, 6.07) is 12.4. The minimum absolute atomic E-state index is 0.0578. The van der Waals surface area contributed by atoms with Crippen molar-refractivity contribution in [2.75, 3.05) is 23.8 Å². The highest BCUT2D eigenvalue weighted by Crippen LogP contribution is 2.20. The van der Waals surface area contributed by atoms with Crippen LogP contribution in [0.2, 0.25) is 0 Å². The first-order valence-corrected chi connectivity index (χ1v) is 8.83. The lowest BCUT2D eigenvalue weighted by Gasteiger charge is -2.14. The number of imide groups is 1. The SMILES string of the molecule is Cc1ccc(NC(=O)c2cccc(NC3=CC(=O)N(CCO)C3=O)c2)c(C)c1. The van der Waals surface area contributed by atoms with Crippen LogP contribution in [-0.2, 0) is 9.59 Å². The molecule has 0 saturated heterocycles. The van der Waals surface area contributed by atoms with Crippen molar-refractivity contribution in [2.24, 2.45) is 0 Å². The average molecular weight is 379 g/mol. The number of β-amino-alcohol motifs (C(OH)–C–C–N with tert-alkyl or cyclic N) is 1. The van der Waals surface area contributed by atoms with Crippen LogP contribution >= 0.6 is 0 Å². The van der Waals surface area contributed by atoms with Gasteiger partial charge in [-0.25, -0.2) is 0 Å². The van der Waals surface area contributed by atoms with E-state index in [9.17, 15) is 14.4 Å². The van der Waals surface area contributed by atoms with Crippen molar-refractivity contribution in [3.05, 3.63) is 70.9 Å². The van der Waals surface area contributed by atoms with Gasteiger partial charge in [-0.3, -0.25) is 19.3 Å². The Morgan fingerprint density at radius 1 is 1.11 bits per heavy atom. The lowest BCUT2D eigenvalue weighted by atomic mass is 10.1. The lowest BCUT2D eigenvalue weighted by Crippen LogP contribution is -2.34. The molecule has 1 aliphatic rings. The summed E-state index contributed by atoms with van der Waals surface area (Å²) in [7, 11) is 0. The molecule has 1 heterocycles. The van der Waals surface area contributed by atoms with Crippen molar-refractivity contribution < 1.29 is 19.5 Å². The van der Waals surface area contributed by atoms with E-state index >= 15 is 0 Å². The molecule has 3 amide bonds. The summed E-state index contributed by atoms with van der Waals surface area (Å²) in [6.45, 7) is 3.55. The zero-order valence-corrected chi connectivity index (χ0v) is 15.7. The highest BCUT2D eigenvalue weighted by Gasteiger charge is 2.30. The normalized spacial score (nSPS) is 13.5. The number of carbonyl (C=O) groups excluding carboxylic acids is 3. The second-order valence-electron chi connectivity index (χ2n) is 6.55. The number of anilines is 2. The van der Waals surface area contributed by atoms with Gasteiger partial charge >= 0.3 is 0 Å². The van der Waals surface area contributed by atoms with E-state index in [2.05, 4.69) is 10.6 Å². The van der Waals surface area contributed by atoms with E-state index in [-0.39, 0.29) is 24.8 Å². The molecule has 0 saturated carbocycles. The summed E-state index contributed by atoms with van der Waals surface area (Å²) in [6.07, 6.45) is 1.18. The molecule has 0 unspecified atom stereocenters. The Kier molecular flexibility index (Phi) is 5.56. The molecular weight excluding hydrogens is 358 g/mol. The van der Waals surface area contributed by atoms with Gasteiger partial charge in [-0.2, -0.15) is 0 Å². The van der Waals surface area contributed by atoms with E-state index in [4.69, 9.17) is 5.11 Å². The van der Waals surface area contributed by atoms with Crippen LogP contribution in [0.25, 0.3) is 0 Å². The highest BCUT2D eigenvalue weighted by molar-refractivity contribution is 6.17. The number of hydrogen-bond acceptors (Lipinski definition) is 5. The van der Waals surface area contributed by atoms with Gasteiger partial charge in [-0.15, -0.1) is 0 Å². The number of hydrogen-bond donors (Lipinski definition) is 3. The summed E-state index contributed by atoms with van der Waals surface area (Å²) in [4.78, 5) is 37.6. The molecule has 28 heavy (non-hydrogen) atoms. The molecule has 2 aromatic rings. The monoisotopic (exact) mass is 379 g/mol. The van der Waals surface area contributed by atoms with Crippen LogP contribution in [0.15, 0.2) is 54.2 Å². The first-order valence-electron chi connectivity index (χ1n) is 8.83. The first-order chi connectivity index (χ1) is 13.4. The van der Waals surface area contributed by atoms with Crippen molar-refractivity contribution in [1.29, 1.82) is 0 Å². The van der Waals surface area contributed by atoms with Crippen LogP contribution in [-0.4, -0.2) is 40.9 Å². The molecule has 0 aliphatic carbocycles. The van der Waals surface area contributed by atoms with E-state index in [1.54, 1.807) is 24.3 Å². The number of nitrogens with one attached hydrogen (secondary N) is 2. The Hall–Kier alpha value is -3.45. The maximum atomic E-state index is 12.6. The third-order valence-electron chi connectivity index (χ3n) is 4.37. The second-order valence-corrected chi connectivity index (χ2v) is 6.55. The fourth-order valence-corrected chi connectivity index (χ4v) is 2.95. The fraction of sp³-hybridized carbons (Fsp3) is 0.190. The van der Waals surface area contributed by atoms with E-state index < -0.39 is 11.8 Å². The van der Waals surface area contributed by atoms with Gasteiger partial charge in [0.25, 0.3) is 17.7 Å². The Balaban J connectivity index is 1.74. The maximum absolute atomic E-state index is 12.6. The molecule has 1 aliphatic heterocycles. The van der Waals surface area contributed by atoms with Crippen molar-refractivity contribution >= 4 is 29.1 Å². The van der Waals surface area contributed by atoms with Crippen molar-refractivity contribution in [3.63, 3.8) is 0 Å². The van der Waals surface area contributed by atoms with Gasteiger partial charge in [0.1, 0.15) is 5.70 Å². The van der Waals surface area contributed by atoms with Crippen molar-refractivity contribution in [3.8, 4) is 0 Å². The van der Waals surface area contributed by atoms with E-state index in [1.807, 2.05) is 32.0 Å². The lowest BCUT2D eigenvalue weighted by molar-refractivity contribution is -0.137. The molecule has 0 fully saturated rings. The molecule has 0 atom stereocenters. The summed E-state index contributed by atoms with van der Waals surface area (Å²) >= 11 is 0. The van der Waals surface area contributed by atoms with E-state index in [1.165, 1.54) is 6.08 Å². The fourth-order valence-electron chi connectivity index (χ4n) is 2.95. The van der Waals surface area contributed by atoms with E-state index in [0.29, 0.717) is 11.3 Å². The molecule has 3 N–H and O–H groups in total. The van der Waals surface area contributed by atoms with Gasteiger partial charge < -0.3 is 15.7 Å². The predicted molar refractivity (Wildman–Crippen MR) is 106 cm³/mol. The summed E-state index contributed by atoms with van der Waals surface area (Å²) < 4.78 is 0. The van der Waals surface area contributed by atoms with Crippen molar-refractivity contribution in [2.45, 2.75) is 13.8 Å². The molecule has 0 radical (unpaired) electrons. The maximum Gasteiger partial charge on any atom is 0.277 e. The van der Waals surface area contributed by atoms with Crippen LogP contribution in [0.5, 0.6) is 0 Å².